The molecule has 0 aliphatic carbocycles. The minimum atomic E-state index is -1.05. The second-order valence-electron chi connectivity index (χ2n) is 10.8. The lowest BCUT2D eigenvalue weighted by Gasteiger charge is -2.24. The lowest BCUT2D eigenvalue weighted by atomic mass is 9.90. The van der Waals surface area contributed by atoms with E-state index in [0.29, 0.717) is 18.8 Å². The zero-order valence-corrected chi connectivity index (χ0v) is 22.4. The van der Waals surface area contributed by atoms with Crippen molar-refractivity contribution < 1.29 is 23.8 Å². The third-order valence-electron chi connectivity index (χ3n) is 7.16. The van der Waals surface area contributed by atoms with Gasteiger partial charge in [-0.05, 0) is 71.7 Å². The van der Waals surface area contributed by atoms with Crippen molar-refractivity contribution in [3.8, 4) is 5.75 Å². The number of carbonyl (C=O) groups excluding carboxylic acids is 1. The van der Waals surface area contributed by atoms with E-state index in [-0.39, 0.29) is 36.8 Å². The first-order valence-electron chi connectivity index (χ1n) is 13.2. The molecular formula is C32H36FNO4. The zero-order chi connectivity index (χ0) is 27.3. The first kappa shape index (κ1) is 27.4. The molecule has 0 aromatic heterocycles. The van der Waals surface area contributed by atoms with Gasteiger partial charge in [-0.25, -0.2) is 4.39 Å². The maximum atomic E-state index is 13.2. The first-order valence-corrected chi connectivity index (χ1v) is 13.2. The number of carbonyl (C=O) groups is 2. The van der Waals surface area contributed by atoms with E-state index in [9.17, 15) is 19.1 Å². The molecule has 1 unspecified atom stereocenters. The number of carboxylic acid groups (broad SMARTS) is 1. The van der Waals surface area contributed by atoms with Crippen LogP contribution in [0.2, 0.25) is 0 Å². The molecule has 1 amide bonds. The van der Waals surface area contributed by atoms with E-state index in [0.717, 1.165) is 35.3 Å². The smallest absolute Gasteiger partial charge is 0.323 e. The molecule has 3 aromatic carbocycles. The third-order valence-corrected chi connectivity index (χ3v) is 7.16. The molecule has 38 heavy (non-hydrogen) atoms. The van der Waals surface area contributed by atoms with Crippen LogP contribution in [0.1, 0.15) is 60.9 Å². The molecule has 0 saturated heterocycles. The Balaban J connectivity index is 1.34. The number of amides is 1. The second kappa shape index (κ2) is 11.8. The van der Waals surface area contributed by atoms with E-state index in [4.69, 9.17) is 4.74 Å². The summed E-state index contributed by atoms with van der Waals surface area (Å²) in [6, 6.07) is 20.8. The van der Waals surface area contributed by atoms with Crippen LogP contribution in [-0.4, -0.2) is 40.6 Å². The van der Waals surface area contributed by atoms with Gasteiger partial charge in [-0.2, -0.15) is 0 Å². The highest BCUT2D eigenvalue weighted by Crippen LogP contribution is 2.37. The van der Waals surface area contributed by atoms with Gasteiger partial charge in [0.1, 0.15) is 23.7 Å². The molecule has 0 saturated carbocycles. The number of hydrogen-bond donors (Lipinski definition) is 1. The van der Waals surface area contributed by atoms with Gasteiger partial charge in [0.25, 0.3) is 0 Å². The van der Waals surface area contributed by atoms with Crippen LogP contribution in [0.15, 0.2) is 66.7 Å². The standard InChI is InChI=1S/C32H36FNO4/c1-22(2)26-10-4-25(5-11-26)19-32(3)20-27-18-24(8-14-29(27)38-32)9-15-30(35)34(21-31(36)37)17-16-23-6-12-28(33)13-7-23/h4-8,10-14,18,22H,9,15-17,19-21H2,1-3H3,(H,36,37). The van der Waals surface area contributed by atoms with Gasteiger partial charge in [0, 0.05) is 25.8 Å². The average Bonchev–Trinajstić information content (AvgIpc) is 3.21. The van der Waals surface area contributed by atoms with Crippen molar-refractivity contribution in [2.45, 2.75) is 64.4 Å². The summed E-state index contributed by atoms with van der Waals surface area (Å²) in [5, 5.41) is 9.29. The molecule has 1 aliphatic heterocycles. The van der Waals surface area contributed by atoms with Crippen molar-refractivity contribution in [1.29, 1.82) is 0 Å². The summed E-state index contributed by atoms with van der Waals surface area (Å²) < 4.78 is 19.5. The number of halogens is 1. The Morgan fingerprint density at radius 1 is 0.974 bits per heavy atom. The highest BCUT2D eigenvalue weighted by Gasteiger charge is 2.35. The Kier molecular flexibility index (Phi) is 8.50. The van der Waals surface area contributed by atoms with Gasteiger partial charge in [0.05, 0.1) is 0 Å². The van der Waals surface area contributed by atoms with Gasteiger partial charge in [-0.3, -0.25) is 9.59 Å². The first-order chi connectivity index (χ1) is 18.1. The monoisotopic (exact) mass is 517 g/mol. The van der Waals surface area contributed by atoms with Crippen molar-refractivity contribution in [3.05, 3.63) is 100 Å². The van der Waals surface area contributed by atoms with E-state index < -0.39 is 5.97 Å². The second-order valence-corrected chi connectivity index (χ2v) is 10.8. The summed E-state index contributed by atoms with van der Waals surface area (Å²) in [5.74, 6) is -0.199. The number of carboxylic acids is 1. The molecule has 0 spiro atoms. The summed E-state index contributed by atoms with van der Waals surface area (Å²) in [7, 11) is 0. The Labute approximate surface area is 224 Å². The molecule has 6 heteroatoms. The number of rotatable bonds is 11. The minimum absolute atomic E-state index is 0.207. The van der Waals surface area contributed by atoms with Gasteiger partial charge in [0.15, 0.2) is 0 Å². The number of hydrogen-bond acceptors (Lipinski definition) is 3. The largest absolute Gasteiger partial charge is 0.487 e. The van der Waals surface area contributed by atoms with Crippen LogP contribution in [-0.2, 0) is 35.3 Å². The van der Waals surface area contributed by atoms with E-state index >= 15 is 0 Å². The molecule has 0 bridgehead atoms. The Morgan fingerprint density at radius 3 is 2.29 bits per heavy atom. The molecule has 0 fully saturated rings. The number of aliphatic carboxylic acids is 1. The van der Waals surface area contributed by atoms with E-state index in [2.05, 4.69) is 51.1 Å². The number of nitrogens with zero attached hydrogens (tertiary/aromatic N) is 1. The minimum Gasteiger partial charge on any atom is -0.487 e. The maximum absolute atomic E-state index is 13.2. The lowest BCUT2D eigenvalue weighted by Crippen LogP contribution is -2.37. The Morgan fingerprint density at radius 2 is 1.63 bits per heavy atom. The van der Waals surface area contributed by atoms with Crippen molar-refractivity contribution in [2.75, 3.05) is 13.1 Å². The predicted molar refractivity (Wildman–Crippen MR) is 146 cm³/mol. The van der Waals surface area contributed by atoms with Crippen molar-refractivity contribution in [1.82, 2.24) is 4.90 Å². The molecule has 1 atom stereocenters. The van der Waals surface area contributed by atoms with Crippen LogP contribution < -0.4 is 4.74 Å². The number of benzene rings is 3. The molecule has 3 aromatic rings. The molecule has 1 heterocycles. The lowest BCUT2D eigenvalue weighted by molar-refractivity contribution is -0.144. The summed E-state index contributed by atoms with van der Waals surface area (Å²) in [6.07, 6.45) is 2.81. The topological polar surface area (TPSA) is 66.8 Å². The molecular weight excluding hydrogens is 481 g/mol. The highest BCUT2D eigenvalue weighted by atomic mass is 19.1. The van der Waals surface area contributed by atoms with Crippen LogP contribution in [0.3, 0.4) is 0 Å². The summed E-state index contributed by atoms with van der Waals surface area (Å²) >= 11 is 0. The van der Waals surface area contributed by atoms with Crippen molar-refractivity contribution >= 4 is 11.9 Å². The van der Waals surface area contributed by atoms with E-state index in [1.807, 2.05) is 12.1 Å². The van der Waals surface area contributed by atoms with Gasteiger partial charge >= 0.3 is 5.97 Å². The van der Waals surface area contributed by atoms with E-state index in [1.165, 1.54) is 28.2 Å². The molecule has 5 nitrogen and oxygen atoms in total. The SMILES string of the molecule is CC(C)c1ccc(CC2(C)Cc3cc(CCC(=O)N(CCc4ccc(F)cc4)CC(=O)O)ccc3O2)cc1. The van der Waals surface area contributed by atoms with Crippen LogP contribution >= 0.6 is 0 Å². The molecule has 0 radical (unpaired) electrons. The molecule has 200 valence electrons. The highest BCUT2D eigenvalue weighted by molar-refractivity contribution is 5.81. The van der Waals surface area contributed by atoms with Gasteiger partial charge < -0.3 is 14.7 Å². The number of ether oxygens (including phenoxy) is 1. The van der Waals surface area contributed by atoms with E-state index in [1.54, 1.807) is 12.1 Å². The van der Waals surface area contributed by atoms with Gasteiger partial charge in [0.2, 0.25) is 5.91 Å². The van der Waals surface area contributed by atoms with Crippen molar-refractivity contribution in [3.63, 3.8) is 0 Å². The summed E-state index contributed by atoms with van der Waals surface area (Å²) in [5.41, 5.74) is 5.26. The Bertz CT molecular complexity index is 1270. The van der Waals surface area contributed by atoms with Gasteiger partial charge in [-0.15, -0.1) is 0 Å². The predicted octanol–water partition coefficient (Wildman–Crippen LogP) is 5.97. The average molecular weight is 518 g/mol. The normalized spacial score (nSPS) is 16.2. The van der Waals surface area contributed by atoms with Crippen molar-refractivity contribution in [2.24, 2.45) is 0 Å². The third kappa shape index (κ3) is 7.21. The molecule has 4 rings (SSSR count). The maximum Gasteiger partial charge on any atom is 0.323 e. The summed E-state index contributed by atoms with van der Waals surface area (Å²) in [6.45, 7) is 6.43. The van der Waals surface area contributed by atoms with Gasteiger partial charge in [-0.1, -0.05) is 62.4 Å². The number of fused-ring (bicyclic) bond motifs is 1. The van der Waals surface area contributed by atoms with Crippen LogP contribution in [0, 0.1) is 5.82 Å². The van der Waals surface area contributed by atoms with Crippen LogP contribution in [0.5, 0.6) is 5.75 Å². The Hall–Kier alpha value is -3.67. The molecule has 1 aliphatic rings. The fraction of sp³-hybridized carbons (Fsp3) is 0.375. The fourth-order valence-electron chi connectivity index (χ4n) is 5.06. The number of aryl methyl sites for hydroxylation is 1. The fourth-order valence-corrected chi connectivity index (χ4v) is 5.06. The molecule has 1 N–H and O–H groups in total. The van der Waals surface area contributed by atoms with Crippen LogP contribution in [0.4, 0.5) is 4.39 Å². The quantitative estimate of drug-likeness (QED) is 0.340. The zero-order valence-electron chi connectivity index (χ0n) is 22.4. The van der Waals surface area contributed by atoms with Crippen LogP contribution in [0.25, 0.3) is 0 Å². The summed E-state index contributed by atoms with van der Waals surface area (Å²) in [4.78, 5) is 25.6.